The molecule has 0 spiro atoms. The van der Waals surface area contributed by atoms with Gasteiger partial charge in [0.1, 0.15) is 5.69 Å². The van der Waals surface area contributed by atoms with Crippen molar-refractivity contribution >= 4 is 10.0 Å². The van der Waals surface area contributed by atoms with E-state index in [2.05, 4.69) is 10.3 Å². The summed E-state index contributed by atoms with van der Waals surface area (Å²) in [5.41, 5.74) is 2.94. The van der Waals surface area contributed by atoms with Crippen LogP contribution in [0.25, 0.3) is 11.3 Å². The van der Waals surface area contributed by atoms with E-state index in [1.165, 1.54) is 4.31 Å². The first kappa shape index (κ1) is 19.8. The second-order valence-corrected chi connectivity index (χ2v) is 9.43. The molecule has 0 amide bonds. The molecule has 8 heteroatoms. The molecule has 0 aliphatic carbocycles. The molecule has 1 aliphatic rings. The molecule has 1 aliphatic heterocycles. The van der Waals surface area contributed by atoms with Crippen LogP contribution in [0, 0.1) is 5.92 Å². The van der Waals surface area contributed by atoms with Crippen molar-refractivity contribution in [1.82, 2.24) is 19.3 Å². The molecule has 4 rings (SSSR count). The number of aliphatic hydroxyl groups excluding tert-OH is 1. The maximum Gasteiger partial charge on any atom is 0.244 e. The van der Waals surface area contributed by atoms with Gasteiger partial charge in [-0.3, -0.25) is 0 Å². The molecule has 1 aromatic heterocycles. The second-order valence-electron chi connectivity index (χ2n) is 7.57. The van der Waals surface area contributed by atoms with Crippen molar-refractivity contribution in [2.45, 2.75) is 37.9 Å². The highest BCUT2D eigenvalue weighted by Gasteiger charge is 2.39. The molecule has 152 valence electrons. The van der Waals surface area contributed by atoms with Crippen LogP contribution in [-0.4, -0.2) is 45.5 Å². The predicted octanol–water partition coefficient (Wildman–Crippen LogP) is 2.51. The Balaban J connectivity index is 1.90. The Morgan fingerprint density at radius 3 is 2.45 bits per heavy atom. The first-order valence-corrected chi connectivity index (χ1v) is 11.1. The van der Waals surface area contributed by atoms with E-state index in [0.29, 0.717) is 23.5 Å². The number of aromatic nitrogens is 3. The average Bonchev–Trinajstić information content (AvgIpc) is 3.06. The quantitative estimate of drug-likeness (QED) is 0.696. The zero-order valence-electron chi connectivity index (χ0n) is 16.4. The lowest BCUT2D eigenvalue weighted by Crippen LogP contribution is -2.44. The second kappa shape index (κ2) is 7.70. The van der Waals surface area contributed by atoms with Crippen LogP contribution in [0.1, 0.15) is 25.1 Å². The third-order valence-corrected chi connectivity index (χ3v) is 7.27. The lowest BCUT2D eigenvalue weighted by molar-refractivity contribution is 0.147. The van der Waals surface area contributed by atoms with Gasteiger partial charge < -0.3 is 5.11 Å². The summed E-state index contributed by atoms with van der Waals surface area (Å²) in [5.74, 6) is -0.0529. The van der Waals surface area contributed by atoms with Crippen LogP contribution < -0.4 is 0 Å². The molecule has 0 saturated carbocycles. The van der Waals surface area contributed by atoms with Gasteiger partial charge in [-0.1, -0.05) is 67.6 Å². The molecular weight excluding hydrogens is 388 g/mol. The Kier molecular flexibility index (Phi) is 5.24. The fourth-order valence-corrected chi connectivity index (χ4v) is 5.70. The monoisotopic (exact) mass is 412 g/mol. The SMILES string of the molecule is CC(C)[C@@H](CO)N1Cc2nnn(Cc3ccccc3)c2-c2ccccc2S1(=O)=O. The summed E-state index contributed by atoms with van der Waals surface area (Å²) in [6.07, 6.45) is 0. The molecule has 29 heavy (non-hydrogen) atoms. The molecule has 2 heterocycles. The highest BCUT2D eigenvalue weighted by molar-refractivity contribution is 7.89. The molecule has 0 unspecified atom stereocenters. The van der Waals surface area contributed by atoms with Gasteiger partial charge in [0.2, 0.25) is 10.0 Å². The van der Waals surface area contributed by atoms with Gasteiger partial charge in [0.25, 0.3) is 0 Å². The highest BCUT2D eigenvalue weighted by atomic mass is 32.2. The summed E-state index contributed by atoms with van der Waals surface area (Å²) in [7, 11) is -3.81. The first-order chi connectivity index (χ1) is 13.9. The van der Waals surface area contributed by atoms with Crippen LogP contribution >= 0.6 is 0 Å². The number of aliphatic hydroxyl groups is 1. The zero-order chi connectivity index (χ0) is 20.6. The van der Waals surface area contributed by atoms with E-state index in [1.54, 1.807) is 22.9 Å². The van der Waals surface area contributed by atoms with Crippen LogP contribution in [0.15, 0.2) is 59.5 Å². The Hall–Kier alpha value is -2.55. The van der Waals surface area contributed by atoms with Crippen molar-refractivity contribution in [2.75, 3.05) is 6.61 Å². The molecule has 0 radical (unpaired) electrons. The Labute approximate surface area is 170 Å². The number of nitrogens with zero attached hydrogens (tertiary/aromatic N) is 4. The smallest absolute Gasteiger partial charge is 0.244 e. The van der Waals surface area contributed by atoms with Crippen LogP contribution in [0.5, 0.6) is 0 Å². The first-order valence-electron chi connectivity index (χ1n) is 9.62. The predicted molar refractivity (Wildman–Crippen MR) is 109 cm³/mol. The van der Waals surface area contributed by atoms with Gasteiger partial charge in [0.05, 0.1) is 36.3 Å². The molecular formula is C21H24N4O3S. The molecule has 3 aromatic rings. The molecule has 1 N–H and O–H groups in total. The van der Waals surface area contributed by atoms with Gasteiger partial charge >= 0.3 is 0 Å². The maximum atomic E-state index is 13.5. The maximum absolute atomic E-state index is 13.5. The van der Waals surface area contributed by atoms with Crippen molar-refractivity contribution in [2.24, 2.45) is 5.92 Å². The van der Waals surface area contributed by atoms with Gasteiger partial charge in [-0.15, -0.1) is 5.10 Å². The number of hydrogen-bond donors (Lipinski definition) is 1. The largest absolute Gasteiger partial charge is 0.395 e. The summed E-state index contributed by atoms with van der Waals surface area (Å²) >= 11 is 0. The van der Waals surface area contributed by atoms with Crippen molar-refractivity contribution < 1.29 is 13.5 Å². The van der Waals surface area contributed by atoms with Gasteiger partial charge in [0, 0.05) is 5.56 Å². The fourth-order valence-electron chi connectivity index (χ4n) is 3.79. The van der Waals surface area contributed by atoms with Gasteiger partial charge in [-0.05, 0) is 17.5 Å². The van der Waals surface area contributed by atoms with Crippen LogP contribution in [0.4, 0.5) is 0 Å². The summed E-state index contributed by atoms with van der Waals surface area (Å²) in [6.45, 7) is 4.11. The third kappa shape index (κ3) is 3.48. The van der Waals surface area contributed by atoms with Crippen LogP contribution in [-0.2, 0) is 23.1 Å². The van der Waals surface area contributed by atoms with Crippen LogP contribution in [0.2, 0.25) is 0 Å². The van der Waals surface area contributed by atoms with E-state index in [1.807, 2.05) is 50.2 Å². The zero-order valence-corrected chi connectivity index (χ0v) is 17.2. The number of fused-ring (bicyclic) bond motifs is 3. The van der Waals surface area contributed by atoms with Crippen molar-refractivity contribution in [3.63, 3.8) is 0 Å². The number of sulfonamides is 1. The fraction of sp³-hybridized carbons (Fsp3) is 0.333. The Bertz CT molecular complexity index is 1110. The molecule has 0 bridgehead atoms. The van der Waals surface area contributed by atoms with Gasteiger partial charge in [-0.2, -0.15) is 4.31 Å². The van der Waals surface area contributed by atoms with E-state index in [4.69, 9.17) is 0 Å². The average molecular weight is 413 g/mol. The minimum atomic E-state index is -3.81. The molecule has 1 atom stereocenters. The minimum Gasteiger partial charge on any atom is -0.395 e. The van der Waals surface area contributed by atoms with Crippen molar-refractivity contribution in [3.05, 3.63) is 65.9 Å². The van der Waals surface area contributed by atoms with E-state index < -0.39 is 16.1 Å². The third-order valence-electron chi connectivity index (χ3n) is 5.34. The van der Waals surface area contributed by atoms with E-state index in [0.717, 1.165) is 5.56 Å². The topological polar surface area (TPSA) is 88.3 Å². The number of benzene rings is 2. The lowest BCUT2D eigenvalue weighted by atomic mass is 10.0. The van der Waals surface area contributed by atoms with Gasteiger partial charge in [-0.25, -0.2) is 13.1 Å². The molecule has 2 aromatic carbocycles. The highest BCUT2D eigenvalue weighted by Crippen LogP contribution is 2.37. The number of rotatable bonds is 5. The summed E-state index contributed by atoms with van der Waals surface area (Å²) in [5, 5.41) is 18.6. The summed E-state index contributed by atoms with van der Waals surface area (Å²) in [6, 6.07) is 16.3. The van der Waals surface area contributed by atoms with Crippen molar-refractivity contribution in [1.29, 1.82) is 0 Å². The van der Waals surface area contributed by atoms with E-state index >= 15 is 0 Å². The van der Waals surface area contributed by atoms with Crippen molar-refractivity contribution in [3.8, 4) is 11.3 Å². The molecule has 7 nitrogen and oxygen atoms in total. The van der Waals surface area contributed by atoms with Gasteiger partial charge in [0.15, 0.2) is 0 Å². The minimum absolute atomic E-state index is 0.0529. The normalized spacial score (nSPS) is 16.8. The van der Waals surface area contributed by atoms with Crippen LogP contribution in [0.3, 0.4) is 0 Å². The molecule has 0 fully saturated rings. The summed E-state index contributed by atoms with van der Waals surface area (Å²) in [4.78, 5) is 0.217. The molecule has 0 saturated heterocycles. The Morgan fingerprint density at radius 1 is 1.07 bits per heavy atom. The standard InChI is InChI=1S/C21H24N4O3S/c1-15(2)19(14-26)25-13-18-21(17-10-6-7-11-20(17)29(25,27)28)24(23-22-18)12-16-8-4-3-5-9-16/h3-11,15,19,26H,12-14H2,1-2H3/t19-/m1/s1. The number of hydrogen-bond acceptors (Lipinski definition) is 5. The summed E-state index contributed by atoms with van der Waals surface area (Å²) < 4.78 is 30.2. The van der Waals surface area contributed by atoms with E-state index in [9.17, 15) is 13.5 Å². The lowest BCUT2D eigenvalue weighted by Gasteiger charge is -2.31. The Morgan fingerprint density at radius 2 is 1.76 bits per heavy atom. The van der Waals surface area contributed by atoms with E-state index in [-0.39, 0.29) is 24.0 Å².